The van der Waals surface area contributed by atoms with Crippen molar-refractivity contribution in [2.75, 3.05) is 39.9 Å². The molecule has 0 spiro atoms. The van der Waals surface area contributed by atoms with Gasteiger partial charge in [0.05, 0.1) is 24.9 Å². The molecular weight excluding hydrogens is 396 g/mol. The van der Waals surface area contributed by atoms with Crippen LogP contribution in [0.2, 0.25) is 0 Å². The van der Waals surface area contributed by atoms with Gasteiger partial charge in [-0.1, -0.05) is 18.2 Å². The number of hydrogen-bond donors (Lipinski definition) is 2. The third kappa shape index (κ3) is 5.27. The van der Waals surface area contributed by atoms with Gasteiger partial charge < -0.3 is 15.4 Å². The topological polar surface area (TPSA) is 66.7 Å². The Hall–Kier alpha value is -2.68. The first-order valence-corrected chi connectivity index (χ1v) is 11.1. The van der Waals surface area contributed by atoms with Gasteiger partial charge in [-0.05, 0) is 35.2 Å². The minimum atomic E-state index is 0.320. The summed E-state index contributed by atoms with van der Waals surface area (Å²) in [7, 11) is 1.81. The Balaban J connectivity index is 1.32. The Morgan fingerprint density at radius 1 is 1.17 bits per heavy atom. The van der Waals surface area contributed by atoms with Crippen molar-refractivity contribution < 1.29 is 4.74 Å². The third-order valence-corrected chi connectivity index (χ3v) is 6.18. The average molecular weight is 425 g/mol. The number of nitrogens with zero attached hydrogens (tertiary/aromatic N) is 4. The standard InChI is InChI=1S/C22H28N6OS/c1-23-22(24-16-18-5-7-19(8-6-18)28-10-3-9-26-28)25-17-20(21-4-2-15-30-21)27-11-13-29-14-12-27/h2-10,15,20H,11-14,16-17H2,1H3,(H2,23,24,25). The third-order valence-electron chi connectivity index (χ3n) is 5.21. The zero-order valence-corrected chi connectivity index (χ0v) is 18.0. The molecular formula is C22H28N6OS. The monoisotopic (exact) mass is 424 g/mol. The van der Waals surface area contributed by atoms with Gasteiger partial charge in [0.1, 0.15) is 0 Å². The molecule has 1 fully saturated rings. The zero-order valence-electron chi connectivity index (χ0n) is 17.2. The fourth-order valence-electron chi connectivity index (χ4n) is 3.57. The molecule has 2 aromatic heterocycles. The molecule has 1 aromatic carbocycles. The molecule has 2 N–H and O–H groups in total. The van der Waals surface area contributed by atoms with Crippen LogP contribution in [0.4, 0.5) is 0 Å². The Morgan fingerprint density at radius 2 is 2.00 bits per heavy atom. The molecule has 0 amide bonds. The van der Waals surface area contributed by atoms with Gasteiger partial charge in [-0.15, -0.1) is 11.3 Å². The van der Waals surface area contributed by atoms with Crippen molar-refractivity contribution in [3.05, 3.63) is 70.7 Å². The van der Waals surface area contributed by atoms with Gasteiger partial charge in [0, 0.05) is 50.5 Å². The van der Waals surface area contributed by atoms with E-state index >= 15 is 0 Å². The highest BCUT2D eigenvalue weighted by atomic mass is 32.1. The number of guanidine groups is 1. The van der Waals surface area contributed by atoms with Crippen molar-refractivity contribution in [3.63, 3.8) is 0 Å². The van der Waals surface area contributed by atoms with Crippen molar-refractivity contribution in [2.24, 2.45) is 4.99 Å². The fraction of sp³-hybridized carbons (Fsp3) is 0.364. The lowest BCUT2D eigenvalue weighted by molar-refractivity contribution is 0.0177. The molecule has 1 aliphatic heterocycles. The van der Waals surface area contributed by atoms with Gasteiger partial charge in [0.25, 0.3) is 0 Å². The highest BCUT2D eigenvalue weighted by Gasteiger charge is 2.23. The Kier molecular flexibility index (Phi) is 7.12. The molecule has 1 saturated heterocycles. The SMILES string of the molecule is CN=C(NCc1ccc(-n2cccn2)cc1)NCC(c1cccs1)N1CCOCC1. The molecule has 0 radical (unpaired) electrons. The maximum absolute atomic E-state index is 5.53. The van der Waals surface area contributed by atoms with Crippen molar-refractivity contribution in [1.29, 1.82) is 0 Å². The molecule has 3 heterocycles. The number of hydrogen-bond acceptors (Lipinski definition) is 5. The molecule has 4 rings (SSSR count). The predicted octanol–water partition coefficient (Wildman–Crippen LogP) is 2.67. The maximum Gasteiger partial charge on any atom is 0.191 e. The first-order chi connectivity index (χ1) is 14.8. The van der Waals surface area contributed by atoms with E-state index < -0.39 is 0 Å². The highest BCUT2D eigenvalue weighted by molar-refractivity contribution is 7.10. The van der Waals surface area contributed by atoms with E-state index in [1.165, 1.54) is 10.4 Å². The molecule has 0 saturated carbocycles. The van der Waals surface area contributed by atoms with E-state index in [-0.39, 0.29) is 0 Å². The molecule has 30 heavy (non-hydrogen) atoms. The molecule has 1 aliphatic rings. The van der Waals surface area contributed by atoms with E-state index in [2.05, 4.69) is 67.4 Å². The van der Waals surface area contributed by atoms with Crippen LogP contribution in [0.15, 0.2) is 65.2 Å². The molecule has 158 valence electrons. The maximum atomic E-state index is 5.53. The lowest BCUT2D eigenvalue weighted by Crippen LogP contribution is -2.46. The first-order valence-electron chi connectivity index (χ1n) is 10.2. The summed E-state index contributed by atoms with van der Waals surface area (Å²) in [5.74, 6) is 0.806. The number of ether oxygens (including phenoxy) is 1. The summed E-state index contributed by atoms with van der Waals surface area (Å²) in [6, 6.07) is 14.9. The molecule has 8 heteroatoms. The molecule has 0 bridgehead atoms. The lowest BCUT2D eigenvalue weighted by atomic mass is 10.2. The van der Waals surface area contributed by atoms with E-state index in [4.69, 9.17) is 4.74 Å². The Bertz CT molecular complexity index is 902. The van der Waals surface area contributed by atoms with Gasteiger partial charge in [0.2, 0.25) is 0 Å². The van der Waals surface area contributed by atoms with Gasteiger partial charge in [-0.3, -0.25) is 9.89 Å². The van der Waals surface area contributed by atoms with Crippen LogP contribution in [0.3, 0.4) is 0 Å². The normalized spacial score (nSPS) is 16.4. The smallest absolute Gasteiger partial charge is 0.191 e. The van der Waals surface area contributed by atoms with E-state index in [9.17, 15) is 0 Å². The van der Waals surface area contributed by atoms with Gasteiger partial charge in [0.15, 0.2) is 5.96 Å². The van der Waals surface area contributed by atoms with Crippen molar-refractivity contribution in [2.45, 2.75) is 12.6 Å². The van der Waals surface area contributed by atoms with E-state index in [1.54, 1.807) is 17.5 Å². The molecule has 1 atom stereocenters. The number of thiophene rings is 1. The predicted molar refractivity (Wildman–Crippen MR) is 121 cm³/mol. The van der Waals surface area contributed by atoms with Crippen LogP contribution in [-0.2, 0) is 11.3 Å². The van der Waals surface area contributed by atoms with Crippen LogP contribution < -0.4 is 10.6 Å². The van der Waals surface area contributed by atoms with E-state index in [1.807, 2.05) is 24.0 Å². The van der Waals surface area contributed by atoms with Crippen LogP contribution in [-0.4, -0.2) is 60.5 Å². The zero-order chi connectivity index (χ0) is 20.6. The summed E-state index contributed by atoms with van der Waals surface area (Å²) in [5, 5.41) is 13.3. The highest BCUT2D eigenvalue weighted by Crippen LogP contribution is 2.25. The minimum absolute atomic E-state index is 0.320. The Labute approximate surface area is 181 Å². The second-order valence-corrected chi connectivity index (χ2v) is 8.08. The second kappa shape index (κ2) is 10.4. The largest absolute Gasteiger partial charge is 0.379 e. The molecule has 3 aromatic rings. The van der Waals surface area contributed by atoms with Crippen LogP contribution in [0, 0.1) is 0 Å². The quantitative estimate of drug-likeness (QED) is 0.451. The molecule has 1 unspecified atom stereocenters. The summed E-state index contributed by atoms with van der Waals surface area (Å²) >= 11 is 1.80. The van der Waals surface area contributed by atoms with Crippen molar-refractivity contribution in [1.82, 2.24) is 25.3 Å². The van der Waals surface area contributed by atoms with Gasteiger partial charge >= 0.3 is 0 Å². The molecule has 0 aliphatic carbocycles. The number of morpholine rings is 1. The summed E-state index contributed by atoms with van der Waals surface area (Å²) in [4.78, 5) is 8.26. The van der Waals surface area contributed by atoms with Crippen LogP contribution in [0.25, 0.3) is 5.69 Å². The van der Waals surface area contributed by atoms with Gasteiger partial charge in [-0.25, -0.2) is 4.68 Å². The van der Waals surface area contributed by atoms with Crippen LogP contribution in [0.5, 0.6) is 0 Å². The summed E-state index contributed by atoms with van der Waals surface area (Å²) in [6.07, 6.45) is 3.73. The Morgan fingerprint density at radius 3 is 2.67 bits per heavy atom. The number of nitrogens with one attached hydrogen (secondary N) is 2. The molecule has 7 nitrogen and oxygen atoms in total. The van der Waals surface area contributed by atoms with Crippen molar-refractivity contribution in [3.8, 4) is 5.69 Å². The van der Waals surface area contributed by atoms with Crippen LogP contribution in [0.1, 0.15) is 16.5 Å². The summed E-state index contributed by atoms with van der Waals surface area (Å²) < 4.78 is 7.39. The number of rotatable bonds is 7. The van der Waals surface area contributed by atoms with Crippen molar-refractivity contribution >= 4 is 17.3 Å². The first kappa shape index (κ1) is 20.6. The minimum Gasteiger partial charge on any atom is -0.379 e. The van der Waals surface area contributed by atoms with Gasteiger partial charge in [-0.2, -0.15) is 5.10 Å². The summed E-state index contributed by atoms with van der Waals surface area (Å²) in [6.45, 7) is 5.02. The number of benzene rings is 1. The number of aliphatic imine (C=N–C) groups is 1. The van der Waals surface area contributed by atoms with E-state index in [0.29, 0.717) is 12.6 Å². The van der Waals surface area contributed by atoms with E-state index in [0.717, 1.165) is 44.5 Å². The van der Waals surface area contributed by atoms with Crippen LogP contribution >= 0.6 is 11.3 Å². The number of aromatic nitrogens is 2. The summed E-state index contributed by atoms with van der Waals surface area (Å²) in [5.41, 5.74) is 2.24. The average Bonchev–Trinajstić information content (AvgIpc) is 3.52. The lowest BCUT2D eigenvalue weighted by Gasteiger charge is -2.34. The fourth-order valence-corrected chi connectivity index (χ4v) is 4.43. The second-order valence-electron chi connectivity index (χ2n) is 7.10.